The van der Waals surface area contributed by atoms with E-state index in [4.69, 9.17) is 4.74 Å². The van der Waals surface area contributed by atoms with E-state index < -0.39 is 0 Å². The lowest BCUT2D eigenvalue weighted by molar-refractivity contribution is -0.159. The lowest BCUT2D eigenvalue weighted by Crippen LogP contribution is -2.56. The predicted octanol–water partition coefficient (Wildman–Crippen LogP) is 4.86. The summed E-state index contributed by atoms with van der Waals surface area (Å²) in [5.74, 6) is 4.21. The Morgan fingerprint density at radius 2 is 1.92 bits per heavy atom. The lowest BCUT2D eigenvalue weighted by atomic mass is 9.45. The third kappa shape index (κ3) is 1.61. The van der Waals surface area contributed by atoms with Crippen LogP contribution in [0.2, 0.25) is 0 Å². The molecule has 134 valence electrons. The van der Waals surface area contributed by atoms with Gasteiger partial charge in [-0.1, -0.05) is 13.8 Å². The number of methoxy groups -OCH3 is 1. The molecule has 24 heavy (non-hydrogen) atoms. The van der Waals surface area contributed by atoms with Gasteiger partial charge >= 0.3 is 0 Å². The van der Waals surface area contributed by atoms with Crippen molar-refractivity contribution in [1.29, 1.82) is 0 Å². The first-order chi connectivity index (χ1) is 11.5. The molecule has 5 rings (SSSR count). The lowest BCUT2D eigenvalue weighted by Gasteiger charge is -2.60. The summed E-state index contributed by atoms with van der Waals surface area (Å²) in [5, 5.41) is 0. The van der Waals surface area contributed by atoms with Gasteiger partial charge in [0.05, 0.1) is 6.10 Å². The summed E-state index contributed by atoms with van der Waals surface area (Å²) in [7, 11) is 1.97. The SMILES string of the molecule is COC1CC2C3CCC(CC=O)C3(C)CCC2C2(C)CCC3CC312. The number of aldehydes is 1. The van der Waals surface area contributed by atoms with Gasteiger partial charge < -0.3 is 9.53 Å². The first-order valence-corrected chi connectivity index (χ1v) is 10.5. The van der Waals surface area contributed by atoms with Crippen molar-refractivity contribution < 1.29 is 9.53 Å². The topological polar surface area (TPSA) is 26.3 Å². The number of rotatable bonds is 3. The summed E-state index contributed by atoms with van der Waals surface area (Å²) in [4.78, 5) is 11.2. The summed E-state index contributed by atoms with van der Waals surface area (Å²) < 4.78 is 6.16. The molecular formula is C22H34O2. The maximum atomic E-state index is 11.2. The van der Waals surface area contributed by atoms with Crippen molar-refractivity contribution in [3.05, 3.63) is 0 Å². The monoisotopic (exact) mass is 330 g/mol. The predicted molar refractivity (Wildman–Crippen MR) is 94.5 cm³/mol. The van der Waals surface area contributed by atoms with Crippen LogP contribution in [0, 0.1) is 45.8 Å². The van der Waals surface area contributed by atoms with Crippen molar-refractivity contribution in [3.63, 3.8) is 0 Å². The van der Waals surface area contributed by atoms with Crippen LogP contribution in [0.4, 0.5) is 0 Å². The molecule has 0 heterocycles. The van der Waals surface area contributed by atoms with Crippen molar-refractivity contribution in [3.8, 4) is 0 Å². The van der Waals surface area contributed by atoms with Crippen LogP contribution in [0.1, 0.15) is 71.6 Å². The van der Waals surface area contributed by atoms with Gasteiger partial charge in [-0.2, -0.15) is 0 Å². The second-order valence-corrected chi connectivity index (χ2v) is 10.5. The summed E-state index contributed by atoms with van der Waals surface area (Å²) in [6, 6.07) is 0. The first-order valence-electron chi connectivity index (χ1n) is 10.5. The Hall–Kier alpha value is -0.370. The number of hydrogen-bond donors (Lipinski definition) is 0. The Kier molecular flexibility index (Phi) is 3.22. The largest absolute Gasteiger partial charge is 0.381 e. The average Bonchev–Trinajstić information content (AvgIpc) is 3.10. The average molecular weight is 331 g/mol. The molecular weight excluding hydrogens is 296 g/mol. The van der Waals surface area contributed by atoms with E-state index in [9.17, 15) is 4.79 Å². The fourth-order valence-corrected chi connectivity index (χ4v) is 9.19. The molecule has 0 amide bonds. The highest BCUT2D eigenvalue weighted by atomic mass is 16.5. The summed E-state index contributed by atoms with van der Waals surface area (Å²) >= 11 is 0. The number of ether oxygens (including phenoxy) is 1. The van der Waals surface area contributed by atoms with Gasteiger partial charge in [0, 0.05) is 18.9 Å². The maximum absolute atomic E-state index is 11.2. The van der Waals surface area contributed by atoms with E-state index in [2.05, 4.69) is 13.8 Å². The molecule has 1 spiro atoms. The molecule has 0 N–H and O–H groups in total. The van der Waals surface area contributed by atoms with Crippen LogP contribution in [0.5, 0.6) is 0 Å². The fourth-order valence-electron chi connectivity index (χ4n) is 9.19. The summed E-state index contributed by atoms with van der Waals surface area (Å²) in [6.45, 7) is 5.17. The van der Waals surface area contributed by atoms with Gasteiger partial charge in [0.15, 0.2) is 0 Å². The molecule has 0 saturated heterocycles. The Morgan fingerprint density at radius 3 is 2.62 bits per heavy atom. The van der Waals surface area contributed by atoms with Gasteiger partial charge in [-0.25, -0.2) is 0 Å². The van der Waals surface area contributed by atoms with E-state index in [0.29, 0.717) is 28.3 Å². The number of carbonyl (C=O) groups is 1. The van der Waals surface area contributed by atoms with E-state index in [0.717, 1.165) is 30.1 Å². The van der Waals surface area contributed by atoms with Crippen molar-refractivity contribution in [2.45, 2.75) is 77.7 Å². The van der Waals surface area contributed by atoms with E-state index in [1.807, 2.05) is 7.11 Å². The van der Waals surface area contributed by atoms with Crippen molar-refractivity contribution in [2.24, 2.45) is 45.8 Å². The van der Waals surface area contributed by atoms with Crippen LogP contribution in [0.25, 0.3) is 0 Å². The highest BCUT2D eigenvalue weighted by Crippen LogP contribution is 2.82. The van der Waals surface area contributed by atoms with Crippen LogP contribution in [-0.2, 0) is 9.53 Å². The minimum atomic E-state index is 0.419. The van der Waals surface area contributed by atoms with Crippen molar-refractivity contribution in [2.75, 3.05) is 7.11 Å². The first kappa shape index (κ1) is 15.9. The van der Waals surface area contributed by atoms with Gasteiger partial charge in [0.2, 0.25) is 0 Å². The third-order valence-corrected chi connectivity index (χ3v) is 10.4. The van der Waals surface area contributed by atoms with E-state index in [1.165, 1.54) is 57.7 Å². The molecule has 0 aromatic heterocycles. The Morgan fingerprint density at radius 1 is 1.08 bits per heavy atom. The summed E-state index contributed by atoms with van der Waals surface area (Å²) in [5.41, 5.74) is 1.49. The van der Waals surface area contributed by atoms with Gasteiger partial charge in [-0.15, -0.1) is 0 Å². The number of fused-ring (bicyclic) bond motifs is 4. The van der Waals surface area contributed by atoms with Crippen LogP contribution >= 0.6 is 0 Å². The standard InChI is InChI=1S/C22H34O2/c1-20-9-7-18-16(17(20)5-4-14(20)8-11-23)12-19(24-3)22-13-15(22)6-10-21(18,22)2/h11,14-19H,4-10,12-13H2,1-3H3. The molecule has 2 heteroatoms. The second kappa shape index (κ2) is 4.87. The zero-order valence-corrected chi connectivity index (χ0v) is 15.7. The Bertz CT molecular complexity index is 558. The van der Waals surface area contributed by atoms with Crippen LogP contribution in [0.15, 0.2) is 0 Å². The molecule has 5 aliphatic rings. The van der Waals surface area contributed by atoms with Gasteiger partial charge in [0.1, 0.15) is 6.29 Å². The quantitative estimate of drug-likeness (QED) is 0.691. The van der Waals surface area contributed by atoms with E-state index >= 15 is 0 Å². The molecule has 5 fully saturated rings. The van der Waals surface area contributed by atoms with Crippen molar-refractivity contribution >= 4 is 6.29 Å². The molecule has 2 nitrogen and oxygen atoms in total. The van der Waals surface area contributed by atoms with E-state index in [1.54, 1.807) is 0 Å². The zero-order chi connectivity index (χ0) is 16.7. The van der Waals surface area contributed by atoms with Crippen LogP contribution < -0.4 is 0 Å². The summed E-state index contributed by atoms with van der Waals surface area (Å²) in [6.07, 6.45) is 13.6. The minimum Gasteiger partial charge on any atom is -0.381 e. The fraction of sp³-hybridized carbons (Fsp3) is 0.955. The third-order valence-electron chi connectivity index (χ3n) is 10.4. The van der Waals surface area contributed by atoms with Crippen molar-refractivity contribution in [1.82, 2.24) is 0 Å². The number of hydrogen-bond acceptors (Lipinski definition) is 2. The van der Waals surface area contributed by atoms with Crippen LogP contribution in [0.3, 0.4) is 0 Å². The smallest absolute Gasteiger partial charge is 0.120 e. The van der Waals surface area contributed by atoms with E-state index in [-0.39, 0.29) is 0 Å². The number of carbonyl (C=O) groups excluding carboxylic acids is 1. The normalized spacial score (nSPS) is 60.8. The molecule has 5 saturated carbocycles. The molecule has 0 aromatic rings. The Balaban J connectivity index is 1.50. The molecule has 0 aromatic carbocycles. The minimum absolute atomic E-state index is 0.419. The highest BCUT2D eigenvalue weighted by molar-refractivity contribution is 5.50. The molecule has 5 aliphatic carbocycles. The zero-order valence-electron chi connectivity index (χ0n) is 15.7. The molecule has 0 bridgehead atoms. The molecule has 9 unspecified atom stereocenters. The van der Waals surface area contributed by atoms with Gasteiger partial charge in [-0.05, 0) is 91.8 Å². The molecule has 0 aliphatic heterocycles. The maximum Gasteiger partial charge on any atom is 0.120 e. The second-order valence-electron chi connectivity index (χ2n) is 10.5. The van der Waals surface area contributed by atoms with Gasteiger partial charge in [0.25, 0.3) is 0 Å². The van der Waals surface area contributed by atoms with Gasteiger partial charge in [-0.3, -0.25) is 0 Å². The molecule has 9 atom stereocenters. The highest BCUT2D eigenvalue weighted by Gasteiger charge is 2.77. The molecule has 0 radical (unpaired) electrons. The van der Waals surface area contributed by atoms with Crippen LogP contribution in [-0.4, -0.2) is 19.5 Å². The Labute approximate surface area is 147 Å².